The fraction of sp³-hybridized carbons (Fsp3) is 0.231. The minimum atomic E-state index is 0.407. The highest BCUT2D eigenvalue weighted by atomic mass is 16.5. The van der Waals surface area contributed by atoms with Crippen LogP contribution >= 0.6 is 0 Å². The number of rotatable bonds is 4. The van der Waals surface area contributed by atoms with Crippen LogP contribution in [-0.4, -0.2) is 9.97 Å². The molecule has 1 aromatic carbocycles. The van der Waals surface area contributed by atoms with E-state index in [0.29, 0.717) is 12.4 Å². The van der Waals surface area contributed by atoms with Crippen molar-refractivity contribution in [1.82, 2.24) is 9.97 Å². The molecule has 0 aliphatic carbocycles. The molecule has 17 heavy (non-hydrogen) atoms. The average Bonchev–Trinajstić information content (AvgIpc) is 2.38. The summed E-state index contributed by atoms with van der Waals surface area (Å²) in [6.45, 7) is 2.51. The van der Waals surface area contributed by atoms with Gasteiger partial charge in [-0.1, -0.05) is 25.1 Å². The molecule has 2 rings (SSSR count). The van der Waals surface area contributed by atoms with Crippen LogP contribution < -0.4 is 10.5 Å². The predicted molar refractivity (Wildman–Crippen MR) is 66.6 cm³/mol. The average molecular weight is 229 g/mol. The standard InChI is InChI=1S/C13H15N3O/c1-2-10-5-3-4-6-12(10)17-9-11-7-16-13(14)8-15-11/h3-8H,2,9H2,1H3,(H2,14,16). The SMILES string of the molecule is CCc1ccccc1OCc1cnc(N)cn1. The van der Waals surface area contributed by atoms with Gasteiger partial charge in [0.2, 0.25) is 0 Å². The molecule has 4 heteroatoms. The van der Waals surface area contributed by atoms with Gasteiger partial charge in [0, 0.05) is 0 Å². The van der Waals surface area contributed by atoms with E-state index in [0.717, 1.165) is 17.9 Å². The largest absolute Gasteiger partial charge is 0.487 e. The highest BCUT2D eigenvalue weighted by Crippen LogP contribution is 2.19. The molecule has 0 unspecified atom stereocenters. The molecule has 0 fully saturated rings. The molecule has 2 aromatic rings. The molecule has 1 heterocycles. The first-order chi connectivity index (χ1) is 8.29. The van der Waals surface area contributed by atoms with Crippen LogP contribution in [0.1, 0.15) is 18.2 Å². The van der Waals surface area contributed by atoms with Crippen LogP contribution in [0.15, 0.2) is 36.7 Å². The first-order valence-corrected chi connectivity index (χ1v) is 5.56. The molecule has 1 aromatic heterocycles. The lowest BCUT2D eigenvalue weighted by molar-refractivity contribution is 0.298. The first kappa shape index (κ1) is 11.4. The highest BCUT2D eigenvalue weighted by Gasteiger charge is 2.02. The van der Waals surface area contributed by atoms with E-state index in [1.807, 2.05) is 18.2 Å². The number of hydrogen-bond acceptors (Lipinski definition) is 4. The Kier molecular flexibility index (Phi) is 3.55. The summed E-state index contributed by atoms with van der Waals surface area (Å²) >= 11 is 0. The van der Waals surface area contributed by atoms with Gasteiger partial charge in [-0.15, -0.1) is 0 Å². The van der Waals surface area contributed by atoms with Gasteiger partial charge in [0.25, 0.3) is 0 Å². The molecule has 0 spiro atoms. The lowest BCUT2D eigenvalue weighted by Crippen LogP contribution is -2.02. The zero-order chi connectivity index (χ0) is 12.1. The number of nitrogens with zero attached hydrogens (tertiary/aromatic N) is 2. The van der Waals surface area contributed by atoms with Crippen LogP contribution in [0.2, 0.25) is 0 Å². The number of aromatic nitrogens is 2. The molecule has 0 atom stereocenters. The Labute approximate surface area is 100 Å². The number of aryl methyl sites for hydroxylation is 1. The number of anilines is 1. The van der Waals surface area contributed by atoms with Crippen LogP contribution in [0.4, 0.5) is 5.82 Å². The quantitative estimate of drug-likeness (QED) is 0.873. The van der Waals surface area contributed by atoms with Crippen LogP contribution in [0.25, 0.3) is 0 Å². The van der Waals surface area contributed by atoms with Gasteiger partial charge in [-0.05, 0) is 18.1 Å². The summed E-state index contributed by atoms with van der Waals surface area (Å²) in [6.07, 6.45) is 4.11. The Bertz CT molecular complexity index is 482. The second-order valence-electron chi connectivity index (χ2n) is 3.68. The Balaban J connectivity index is 2.04. The Hall–Kier alpha value is -2.10. The van der Waals surface area contributed by atoms with Gasteiger partial charge in [-0.25, -0.2) is 4.98 Å². The van der Waals surface area contributed by atoms with Gasteiger partial charge < -0.3 is 10.5 Å². The van der Waals surface area contributed by atoms with Crippen LogP contribution in [-0.2, 0) is 13.0 Å². The van der Waals surface area contributed by atoms with Crippen molar-refractivity contribution in [3.8, 4) is 5.75 Å². The molecule has 2 N–H and O–H groups in total. The molecular formula is C13H15N3O. The van der Waals surface area contributed by atoms with E-state index in [4.69, 9.17) is 10.5 Å². The minimum Gasteiger partial charge on any atom is -0.487 e. The summed E-state index contributed by atoms with van der Waals surface area (Å²) in [5.74, 6) is 1.32. The number of hydrogen-bond donors (Lipinski definition) is 1. The maximum absolute atomic E-state index is 5.71. The Morgan fingerprint density at radius 1 is 1.18 bits per heavy atom. The number of nitrogens with two attached hydrogens (primary N) is 1. The molecular weight excluding hydrogens is 214 g/mol. The van der Waals surface area contributed by atoms with Gasteiger partial charge in [0.05, 0.1) is 18.1 Å². The second-order valence-corrected chi connectivity index (χ2v) is 3.68. The summed E-state index contributed by atoms with van der Waals surface area (Å²) in [5, 5.41) is 0. The van der Waals surface area contributed by atoms with E-state index in [9.17, 15) is 0 Å². The normalized spacial score (nSPS) is 10.2. The number of nitrogen functional groups attached to an aromatic ring is 1. The topological polar surface area (TPSA) is 61.0 Å². The molecule has 0 bridgehead atoms. The fourth-order valence-corrected chi connectivity index (χ4v) is 1.53. The molecule has 0 aliphatic rings. The molecule has 0 saturated heterocycles. The van der Waals surface area contributed by atoms with Gasteiger partial charge in [-0.2, -0.15) is 0 Å². The van der Waals surface area contributed by atoms with E-state index < -0.39 is 0 Å². The van der Waals surface area contributed by atoms with Crippen molar-refractivity contribution in [1.29, 1.82) is 0 Å². The van der Waals surface area contributed by atoms with Crippen molar-refractivity contribution in [2.75, 3.05) is 5.73 Å². The summed E-state index contributed by atoms with van der Waals surface area (Å²) < 4.78 is 5.71. The maximum atomic E-state index is 5.71. The van der Waals surface area contributed by atoms with E-state index in [1.54, 1.807) is 6.20 Å². The summed E-state index contributed by atoms with van der Waals surface area (Å²) in [7, 11) is 0. The lowest BCUT2D eigenvalue weighted by atomic mass is 10.1. The van der Waals surface area contributed by atoms with Crippen molar-refractivity contribution in [3.63, 3.8) is 0 Å². The molecule has 0 saturated carbocycles. The molecule has 0 radical (unpaired) electrons. The zero-order valence-corrected chi connectivity index (χ0v) is 9.76. The third-order valence-electron chi connectivity index (χ3n) is 2.45. The van der Waals surface area contributed by atoms with E-state index in [2.05, 4.69) is 23.0 Å². The van der Waals surface area contributed by atoms with E-state index in [1.165, 1.54) is 11.8 Å². The Morgan fingerprint density at radius 3 is 2.71 bits per heavy atom. The predicted octanol–water partition coefficient (Wildman–Crippen LogP) is 2.20. The molecule has 88 valence electrons. The smallest absolute Gasteiger partial charge is 0.141 e. The van der Waals surface area contributed by atoms with Gasteiger partial charge in [0.15, 0.2) is 0 Å². The van der Waals surface area contributed by atoms with Crippen molar-refractivity contribution in [3.05, 3.63) is 47.9 Å². The van der Waals surface area contributed by atoms with E-state index in [-0.39, 0.29) is 0 Å². The van der Waals surface area contributed by atoms with Crippen molar-refractivity contribution >= 4 is 5.82 Å². The minimum absolute atomic E-state index is 0.407. The third-order valence-corrected chi connectivity index (χ3v) is 2.45. The monoisotopic (exact) mass is 229 g/mol. The van der Waals surface area contributed by atoms with Crippen LogP contribution in [0.5, 0.6) is 5.75 Å². The van der Waals surface area contributed by atoms with Gasteiger partial charge in [-0.3, -0.25) is 4.98 Å². The molecule has 0 amide bonds. The first-order valence-electron chi connectivity index (χ1n) is 5.56. The lowest BCUT2D eigenvalue weighted by Gasteiger charge is -2.09. The molecule has 4 nitrogen and oxygen atoms in total. The number of ether oxygens (including phenoxy) is 1. The summed E-state index contributed by atoms with van der Waals surface area (Å²) in [5.41, 5.74) is 7.42. The number of para-hydroxylation sites is 1. The van der Waals surface area contributed by atoms with Crippen LogP contribution in [0.3, 0.4) is 0 Å². The zero-order valence-electron chi connectivity index (χ0n) is 9.76. The van der Waals surface area contributed by atoms with Crippen molar-refractivity contribution in [2.24, 2.45) is 0 Å². The summed E-state index contributed by atoms with van der Waals surface area (Å²) in [6, 6.07) is 7.99. The number of benzene rings is 1. The van der Waals surface area contributed by atoms with Gasteiger partial charge in [0.1, 0.15) is 18.2 Å². The van der Waals surface area contributed by atoms with Crippen molar-refractivity contribution in [2.45, 2.75) is 20.0 Å². The van der Waals surface area contributed by atoms with Crippen LogP contribution in [0, 0.1) is 0 Å². The highest BCUT2D eigenvalue weighted by molar-refractivity contribution is 5.33. The van der Waals surface area contributed by atoms with Crippen molar-refractivity contribution < 1.29 is 4.74 Å². The third kappa shape index (κ3) is 2.93. The Morgan fingerprint density at radius 2 is 2.00 bits per heavy atom. The van der Waals surface area contributed by atoms with E-state index >= 15 is 0 Å². The second kappa shape index (κ2) is 5.30. The fourth-order valence-electron chi connectivity index (χ4n) is 1.53. The maximum Gasteiger partial charge on any atom is 0.141 e. The van der Waals surface area contributed by atoms with Gasteiger partial charge >= 0.3 is 0 Å². The molecule has 0 aliphatic heterocycles. The summed E-state index contributed by atoms with van der Waals surface area (Å²) in [4.78, 5) is 8.11.